The maximum absolute atomic E-state index is 4.28. The zero-order valence-corrected chi connectivity index (χ0v) is 11.7. The topological polar surface area (TPSA) is 25.8 Å². The summed E-state index contributed by atoms with van der Waals surface area (Å²) in [6.45, 7) is 0. The summed E-state index contributed by atoms with van der Waals surface area (Å²) in [6, 6.07) is 18.4. The van der Waals surface area contributed by atoms with Gasteiger partial charge >= 0.3 is 0 Å². The molecule has 0 aliphatic rings. The lowest BCUT2D eigenvalue weighted by atomic mass is 10.0. The van der Waals surface area contributed by atoms with Crippen molar-refractivity contribution in [3.8, 4) is 22.5 Å². The summed E-state index contributed by atoms with van der Waals surface area (Å²) in [5.41, 5.74) is 3.37. The first-order valence-corrected chi connectivity index (χ1v) is 6.75. The van der Waals surface area contributed by atoms with E-state index in [4.69, 9.17) is 0 Å². The van der Waals surface area contributed by atoms with Gasteiger partial charge in [0.2, 0.25) is 0 Å². The fraction of sp³-hybridized carbons (Fsp3) is 0. The quantitative estimate of drug-likeness (QED) is 0.692. The molecule has 2 nitrogen and oxygen atoms in total. The van der Waals surface area contributed by atoms with Crippen LogP contribution in [0.4, 0.5) is 0 Å². The summed E-state index contributed by atoms with van der Waals surface area (Å²) < 4.78 is 1.08. The van der Waals surface area contributed by atoms with Gasteiger partial charge in [-0.2, -0.15) is 0 Å². The van der Waals surface area contributed by atoms with Gasteiger partial charge in [-0.05, 0) is 35.4 Å². The molecule has 1 heterocycles. The zero-order valence-electron chi connectivity index (χ0n) is 10.1. The molecule has 0 unspecified atom stereocenters. The van der Waals surface area contributed by atoms with Gasteiger partial charge in [-0.1, -0.05) is 46.3 Å². The van der Waals surface area contributed by atoms with E-state index in [1.165, 1.54) is 5.56 Å². The first kappa shape index (κ1) is 12.1. The number of halogens is 1. The van der Waals surface area contributed by atoms with E-state index in [0.29, 0.717) is 0 Å². The Labute approximate surface area is 120 Å². The normalized spacial score (nSPS) is 10.4. The molecule has 1 aromatic heterocycles. The summed E-state index contributed by atoms with van der Waals surface area (Å²) in [7, 11) is 0. The summed E-state index contributed by atoms with van der Waals surface area (Å²) in [5.74, 6) is 0.751. The predicted octanol–water partition coefficient (Wildman–Crippen LogP) is 4.57. The molecule has 92 valence electrons. The van der Waals surface area contributed by atoms with Crippen LogP contribution < -0.4 is 0 Å². The van der Waals surface area contributed by atoms with Gasteiger partial charge in [-0.3, -0.25) is 0 Å². The second-order valence-electron chi connectivity index (χ2n) is 4.16. The Morgan fingerprint density at radius 2 is 1.37 bits per heavy atom. The fourth-order valence-electron chi connectivity index (χ4n) is 1.93. The third kappa shape index (κ3) is 2.71. The van der Waals surface area contributed by atoms with Crippen molar-refractivity contribution in [3.63, 3.8) is 0 Å². The van der Waals surface area contributed by atoms with Crippen molar-refractivity contribution in [1.82, 2.24) is 9.97 Å². The third-order valence-corrected chi connectivity index (χ3v) is 3.39. The van der Waals surface area contributed by atoms with E-state index < -0.39 is 0 Å². The van der Waals surface area contributed by atoms with Crippen LogP contribution in [-0.2, 0) is 0 Å². The van der Waals surface area contributed by atoms with Gasteiger partial charge in [0.15, 0.2) is 5.82 Å². The Morgan fingerprint density at radius 3 is 2.11 bits per heavy atom. The summed E-state index contributed by atoms with van der Waals surface area (Å²) >= 11 is 3.45. The Bertz CT molecular complexity index is 679. The first-order valence-electron chi connectivity index (χ1n) is 5.96. The molecule has 0 spiro atoms. The molecule has 0 saturated heterocycles. The van der Waals surface area contributed by atoms with Crippen molar-refractivity contribution in [1.29, 1.82) is 0 Å². The lowest BCUT2D eigenvalue weighted by Crippen LogP contribution is -1.87. The average Bonchev–Trinajstić information content (AvgIpc) is 2.49. The van der Waals surface area contributed by atoms with E-state index in [1.54, 1.807) is 12.4 Å². The molecule has 3 aromatic rings. The summed E-state index contributed by atoms with van der Waals surface area (Å²) in [5, 5.41) is 0. The molecule has 0 aliphatic heterocycles. The maximum atomic E-state index is 4.28. The van der Waals surface area contributed by atoms with E-state index in [2.05, 4.69) is 50.2 Å². The zero-order chi connectivity index (χ0) is 13.1. The summed E-state index contributed by atoms with van der Waals surface area (Å²) in [6.07, 6.45) is 3.52. The van der Waals surface area contributed by atoms with E-state index in [0.717, 1.165) is 21.4 Å². The van der Waals surface area contributed by atoms with Crippen molar-refractivity contribution in [2.45, 2.75) is 0 Å². The molecular formula is C16H11BrN2. The highest BCUT2D eigenvalue weighted by Crippen LogP contribution is 2.25. The van der Waals surface area contributed by atoms with Crippen LogP contribution in [0.15, 0.2) is 71.5 Å². The van der Waals surface area contributed by atoms with Crippen molar-refractivity contribution in [2.75, 3.05) is 0 Å². The van der Waals surface area contributed by atoms with Crippen LogP contribution in [0.25, 0.3) is 22.5 Å². The number of aromatic nitrogens is 2. The number of rotatable bonds is 2. The second-order valence-corrected chi connectivity index (χ2v) is 5.08. The average molecular weight is 311 g/mol. The van der Waals surface area contributed by atoms with Crippen LogP contribution in [0.3, 0.4) is 0 Å². The van der Waals surface area contributed by atoms with Crippen molar-refractivity contribution in [2.24, 2.45) is 0 Å². The van der Waals surface area contributed by atoms with Gasteiger partial charge in [0.25, 0.3) is 0 Å². The van der Waals surface area contributed by atoms with Gasteiger partial charge < -0.3 is 0 Å². The van der Waals surface area contributed by atoms with E-state index in [-0.39, 0.29) is 0 Å². The van der Waals surface area contributed by atoms with E-state index in [1.807, 2.05) is 30.3 Å². The molecule has 0 radical (unpaired) electrons. The number of benzene rings is 2. The summed E-state index contributed by atoms with van der Waals surface area (Å²) in [4.78, 5) is 8.56. The third-order valence-electron chi connectivity index (χ3n) is 2.86. The highest BCUT2D eigenvalue weighted by Gasteiger charge is 2.03. The van der Waals surface area contributed by atoms with Gasteiger partial charge in [-0.25, -0.2) is 9.97 Å². The molecule has 3 heteroatoms. The van der Waals surface area contributed by atoms with Crippen molar-refractivity contribution < 1.29 is 0 Å². The van der Waals surface area contributed by atoms with Crippen LogP contribution in [0.5, 0.6) is 0 Å². The van der Waals surface area contributed by atoms with Crippen LogP contribution in [0.1, 0.15) is 0 Å². The number of hydrogen-bond donors (Lipinski definition) is 0. The highest BCUT2D eigenvalue weighted by atomic mass is 79.9. The minimum absolute atomic E-state index is 0.751. The van der Waals surface area contributed by atoms with Crippen LogP contribution in [-0.4, -0.2) is 9.97 Å². The standard InChI is InChI=1S/C16H11BrN2/c17-15-7-5-12(6-8-15)13-3-1-4-14(11-13)16-18-9-2-10-19-16/h1-11H. The maximum Gasteiger partial charge on any atom is 0.159 e. The van der Waals surface area contributed by atoms with Crippen molar-refractivity contribution >= 4 is 15.9 Å². The molecule has 0 saturated carbocycles. The molecular weight excluding hydrogens is 300 g/mol. The number of nitrogens with zero attached hydrogens (tertiary/aromatic N) is 2. The highest BCUT2D eigenvalue weighted by molar-refractivity contribution is 9.10. The minimum Gasteiger partial charge on any atom is -0.237 e. The van der Waals surface area contributed by atoms with Crippen LogP contribution in [0.2, 0.25) is 0 Å². The largest absolute Gasteiger partial charge is 0.237 e. The molecule has 0 amide bonds. The second kappa shape index (κ2) is 5.33. The van der Waals surface area contributed by atoms with Gasteiger partial charge in [0, 0.05) is 22.4 Å². The Morgan fingerprint density at radius 1 is 0.684 bits per heavy atom. The number of hydrogen-bond acceptors (Lipinski definition) is 2. The molecule has 0 N–H and O–H groups in total. The molecule has 0 aliphatic carbocycles. The minimum atomic E-state index is 0.751. The lowest BCUT2D eigenvalue weighted by Gasteiger charge is -2.05. The lowest BCUT2D eigenvalue weighted by molar-refractivity contribution is 1.18. The monoisotopic (exact) mass is 310 g/mol. The van der Waals surface area contributed by atoms with Crippen LogP contribution in [0, 0.1) is 0 Å². The van der Waals surface area contributed by atoms with E-state index >= 15 is 0 Å². The Kier molecular flexibility index (Phi) is 3.38. The van der Waals surface area contributed by atoms with Gasteiger partial charge in [0.05, 0.1) is 0 Å². The van der Waals surface area contributed by atoms with E-state index in [9.17, 15) is 0 Å². The Balaban J connectivity index is 2.03. The molecule has 0 atom stereocenters. The Hall–Kier alpha value is -2.00. The molecule has 0 fully saturated rings. The predicted molar refractivity (Wildman–Crippen MR) is 80.6 cm³/mol. The fourth-order valence-corrected chi connectivity index (χ4v) is 2.19. The molecule has 0 bridgehead atoms. The molecule has 2 aromatic carbocycles. The molecule has 3 rings (SSSR count). The van der Waals surface area contributed by atoms with Gasteiger partial charge in [-0.15, -0.1) is 0 Å². The van der Waals surface area contributed by atoms with Crippen molar-refractivity contribution in [3.05, 3.63) is 71.5 Å². The van der Waals surface area contributed by atoms with Gasteiger partial charge in [0.1, 0.15) is 0 Å². The smallest absolute Gasteiger partial charge is 0.159 e. The SMILES string of the molecule is Brc1ccc(-c2cccc(-c3ncccn3)c2)cc1. The molecule has 19 heavy (non-hydrogen) atoms. The van der Waals surface area contributed by atoms with Crippen LogP contribution >= 0.6 is 15.9 Å². The first-order chi connectivity index (χ1) is 9.33.